The fourth-order valence-electron chi connectivity index (χ4n) is 1.23. The molecule has 0 atom stereocenters. The van der Waals surface area contributed by atoms with Gasteiger partial charge in [-0.1, -0.05) is 34.8 Å². The second-order valence-electron chi connectivity index (χ2n) is 3.32. The monoisotopic (exact) mass is 301 g/mol. The Balaban J connectivity index is 2.19. The zero-order valence-electron chi connectivity index (χ0n) is 8.82. The molecule has 0 saturated heterocycles. The highest BCUT2D eigenvalue weighted by Gasteiger charge is 2.09. The molecule has 2 heterocycles. The molecule has 0 bridgehead atoms. The Bertz CT molecular complexity index is 566. The number of carbonyl (C=O) groups is 1. The molecule has 2 rings (SSSR count). The van der Waals surface area contributed by atoms with E-state index in [1.54, 1.807) is 12.1 Å². The van der Waals surface area contributed by atoms with E-state index < -0.39 is 0 Å². The van der Waals surface area contributed by atoms with Crippen molar-refractivity contribution in [1.82, 2.24) is 9.97 Å². The Morgan fingerprint density at radius 2 is 1.78 bits per heavy atom. The molecule has 2 aromatic rings. The number of rotatable bonds is 2. The lowest BCUT2D eigenvalue weighted by Crippen LogP contribution is -2.13. The molecule has 2 aromatic heterocycles. The number of hydrogen-bond donors (Lipinski definition) is 1. The summed E-state index contributed by atoms with van der Waals surface area (Å²) < 4.78 is 0. The lowest BCUT2D eigenvalue weighted by molar-refractivity contribution is 0.102. The molecule has 0 aliphatic rings. The van der Waals surface area contributed by atoms with Crippen LogP contribution in [0, 0.1) is 0 Å². The molecule has 0 fully saturated rings. The fraction of sp³-hybridized carbons (Fsp3) is 0. The highest BCUT2D eigenvalue weighted by atomic mass is 35.5. The standard InChI is InChI=1S/C11H6Cl3N3O/c12-7-1-2-10(15-5-7)17-11(18)6-3-8(13)16-9(14)4-6/h1-5H,(H,15,17,18). The second kappa shape index (κ2) is 5.52. The smallest absolute Gasteiger partial charge is 0.257 e. The lowest BCUT2D eigenvalue weighted by atomic mass is 10.2. The van der Waals surface area contributed by atoms with E-state index in [-0.39, 0.29) is 16.2 Å². The number of anilines is 1. The van der Waals surface area contributed by atoms with Gasteiger partial charge in [0.2, 0.25) is 0 Å². The van der Waals surface area contributed by atoms with Gasteiger partial charge in [0.25, 0.3) is 5.91 Å². The van der Waals surface area contributed by atoms with E-state index in [0.717, 1.165) is 0 Å². The zero-order chi connectivity index (χ0) is 13.1. The molecule has 4 nitrogen and oxygen atoms in total. The number of carbonyl (C=O) groups excluding carboxylic acids is 1. The summed E-state index contributed by atoms with van der Waals surface area (Å²) in [7, 11) is 0. The zero-order valence-corrected chi connectivity index (χ0v) is 11.1. The van der Waals surface area contributed by atoms with Crippen molar-refractivity contribution in [2.24, 2.45) is 0 Å². The summed E-state index contributed by atoms with van der Waals surface area (Å²) >= 11 is 17.1. The molecule has 7 heteroatoms. The number of nitrogens with zero attached hydrogens (tertiary/aromatic N) is 2. The third kappa shape index (κ3) is 3.32. The molecule has 1 N–H and O–H groups in total. The van der Waals surface area contributed by atoms with E-state index in [9.17, 15) is 4.79 Å². The molecular formula is C11H6Cl3N3O. The van der Waals surface area contributed by atoms with Crippen LogP contribution >= 0.6 is 34.8 Å². The average molecular weight is 303 g/mol. The molecule has 0 spiro atoms. The molecule has 1 amide bonds. The van der Waals surface area contributed by atoms with Gasteiger partial charge in [-0.3, -0.25) is 4.79 Å². The Hall–Kier alpha value is -1.36. The topological polar surface area (TPSA) is 54.9 Å². The Morgan fingerprint density at radius 1 is 1.11 bits per heavy atom. The van der Waals surface area contributed by atoms with Crippen LogP contribution in [-0.4, -0.2) is 15.9 Å². The van der Waals surface area contributed by atoms with Crippen LogP contribution in [-0.2, 0) is 0 Å². The van der Waals surface area contributed by atoms with Crippen LogP contribution in [0.25, 0.3) is 0 Å². The van der Waals surface area contributed by atoms with Gasteiger partial charge in [-0.25, -0.2) is 9.97 Å². The Labute approximate surface area is 118 Å². The normalized spacial score (nSPS) is 10.2. The number of halogens is 3. The lowest BCUT2D eigenvalue weighted by Gasteiger charge is -2.05. The van der Waals surface area contributed by atoms with Gasteiger partial charge < -0.3 is 5.32 Å². The van der Waals surface area contributed by atoms with Crippen LogP contribution in [0.15, 0.2) is 30.5 Å². The summed E-state index contributed by atoms with van der Waals surface area (Å²) in [5.41, 5.74) is 0.303. The maximum atomic E-state index is 11.9. The summed E-state index contributed by atoms with van der Waals surface area (Å²) in [5, 5.41) is 3.37. The van der Waals surface area contributed by atoms with Crippen LogP contribution in [0.4, 0.5) is 5.82 Å². The van der Waals surface area contributed by atoms with Gasteiger partial charge >= 0.3 is 0 Å². The van der Waals surface area contributed by atoms with Crippen molar-refractivity contribution in [3.63, 3.8) is 0 Å². The van der Waals surface area contributed by atoms with Crippen molar-refractivity contribution in [2.75, 3.05) is 5.32 Å². The van der Waals surface area contributed by atoms with Crippen molar-refractivity contribution < 1.29 is 4.79 Å². The summed E-state index contributed by atoms with van der Waals surface area (Å²) in [6.45, 7) is 0. The highest BCUT2D eigenvalue weighted by Crippen LogP contribution is 2.16. The molecule has 0 radical (unpaired) electrons. The van der Waals surface area contributed by atoms with E-state index in [1.165, 1.54) is 18.3 Å². The first kappa shape index (κ1) is 13.1. The Kier molecular flexibility index (Phi) is 4.01. The predicted molar refractivity (Wildman–Crippen MR) is 71.5 cm³/mol. The summed E-state index contributed by atoms with van der Waals surface area (Å²) in [4.78, 5) is 19.6. The number of pyridine rings is 2. The maximum Gasteiger partial charge on any atom is 0.257 e. The molecule has 0 aromatic carbocycles. The first-order chi connectivity index (χ1) is 8.54. The molecule has 92 valence electrons. The van der Waals surface area contributed by atoms with Gasteiger partial charge in [-0.2, -0.15) is 0 Å². The molecule has 0 saturated carbocycles. The van der Waals surface area contributed by atoms with Crippen LogP contribution in [0.1, 0.15) is 10.4 Å². The van der Waals surface area contributed by atoms with E-state index in [2.05, 4.69) is 15.3 Å². The average Bonchev–Trinajstić information content (AvgIpc) is 2.31. The van der Waals surface area contributed by atoms with Gasteiger partial charge in [0.1, 0.15) is 16.1 Å². The number of hydrogen-bond acceptors (Lipinski definition) is 3. The van der Waals surface area contributed by atoms with E-state index in [4.69, 9.17) is 34.8 Å². The van der Waals surface area contributed by atoms with Crippen LogP contribution in [0.2, 0.25) is 15.3 Å². The Morgan fingerprint density at radius 3 is 2.33 bits per heavy atom. The quantitative estimate of drug-likeness (QED) is 0.861. The van der Waals surface area contributed by atoms with Gasteiger partial charge in [-0.15, -0.1) is 0 Å². The first-order valence-corrected chi connectivity index (χ1v) is 5.94. The molecule has 18 heavy (non-hydrogen) atoms. The minimum Gasteiger partial charge on any atom is -0.307 e. The van der Waals surface area contributed by atoms with Crippen molar-refractivity contribution in [1.29, 1.82) is 0 Å². The van der Waals surface area contributed by atoms with Gasteiger partial charge in [0, 0.05) is 11.8 Å². The maximum absolute atomic E-state index is 11.9. The van der Waals surface area contributed by atoms with Gasteiger partial charge in [0.15, 0.2) is 0 Å². The SMILES string of the molecule is O=C(Nc1ccc(Cl)cn1)c1cc(Cl)nc(Cl)c1. The molecule has 0 unspecified atom stereocenters. The van der Waals surface area contributed by atoms with Crippen molar-refractivity contribution in [3.05, 3.63) is 51.4 Å². The number of nitrogens with one attached hydrogen (secondary N) is 1. The fourth-order valence-corrected chi connectivity index (χ4v) is 1.81. The van der Waals surface area contributed by atoms with Crippen LogP contribution in [0.5, 0.6) is 0 Å². The van der Waals surface area contributed by atoms with E-state index >= 15 is 0 Å². The first-order valence-electron chi connectivity index (χ1n) is 4.80. The minimum absolute atomic E-state index is 0.150. The minimum atomic E-state index is -0.379. The third-order valence-corrected chi connectivity index (χ3v) is 2.60. The third-order valence-electron chi connectivity index (χ3n) is 1.99. The van der Waals surface area contributed by atoms with Crippen LogP contribution in [0.3, 0.4) is 0 Å². The van der Waals surface area contributed by atoms with Crippen molar-refractivity contribution in [2.45, 2.75) is 0 Å². The molecule has 0 aliphatic heterocycles. The van der Waals surface area contributed by atoms with Crippen molar-refractivity contribution in [3.8, 4) is 0 Å². The van der Waals surface area contributed by atoms with Crippen molar-refractivity contribution >= 4 is 46.5 Å². The van der Waals surface area contributed by atoms with Crippen LogP contribution < -0.4 is 5.32 Å². The van der Waals surface area contributed by atoms with Gasteiger partial charge in [-0.05, 0) is 24.3 Å². The molecule has 0 aliphatic carbocycles. The predicted octanol–water partition coefficient (Wildman–Crippen LogP) is 3.69. The van der Waals surface area contributed by atoms with E-state index in [1.807, 2.05) is 0 Å². The van der Waals surface area contributed by atoms with E-state index in [0.29, 0.717) is 16.4 Å². The summed E-state index contributed by atoms with van der Waals surface area (Å²) in [5.74, 6) is 0.00415. The molecular weight excluding hydrogens is 296 g/mol. The number of amides is 1. The largest absolute Gasteiger partial charge is 0.307 e. The second-order valence-corrected chi connectivity index (χ2v) is 4.53. The highest BCUT2D eigenvalue weighted by molar-refractivity contribution is 6.33. The van der Waals surface area contributed by atoms with Gasteiger partial charge in [0.05, 0.1) is 5.02 Å². The summed E-state index contributed by atoms with van der Waals surface area (Å²) in [6, 6.07) is 6.04. The summed E-state index contributed by atoms with van der Waals surface area (Å²) in [6.07, 6.45) is 1.43. The number of aromatic nitrogens is 2.